The molecule has 7 heteroatoms. The SMILES string of the molecule is CCCN1CC(CNC(=O)c2ccc3oc(=O)[nH]c3c2)CC1=O. The number of hydrogen-bond donors (Lipinski definition) is 2. The maximum atomic E-state index is 12.2. The average Bonchev–Trinajstić information content (AvgIpc) is 3.06. The standard InChI is InChI=1S/C16H19N3O4/c1-2-5-19-9-10(6-14(19)20)8-17-15(21)11-3-4-13-12(7-11)18-16(22)23-13/h3-4,7,10H,2,5-6,8-9H2,1H3,(H,17,21)(H,18,22). The Bertz CT molecular complexity index is 792. The Morgan fingerprint density at radius 2 is 2.26 bits per heavy atom. The molecule has 122 valence electrons. The minimum absolute atomic E-state index is 0.149. The minimum atomic E-state index is -0.543. The smallest absolute Gasteiger partial charge is 0.408 e. The lowest BCUT2D eigenvalue weighted by Gasteiger charge is -2.15. The molecule has 1 atom stereocenters. The third-order valence-corrected chi connectivity index (χ3v) is 4.02. The van der Waals surface area contributed by atoms with Gasteiger partial charge in [-0.3, -0.25) is 14.6 Å². The number of oxazole rings is 1. The second-order valence-electron chi connectivity index (χ2n) is 5.85. The zero-order valence-corrected chi connectivity index (χ0v) is 12.9. The largest absolute Gasteiger partial charge is 0.417 e. The molecule has 3 rings (SSSR count). The lowest BCUT2D eigenvalue weighted by molar-refractivity contribution is -0.127. The van der Waals surface area contributed by atoms with Gasteiger partial charge in [-0.1, -0.05) is 6.92 Å². The Morgan fingerprint density at radius 1 is 1.43 bits per heavy atom. The van der Waals surface area contributed by atoms with Crippen LogP contribution in [-0.2, 0) is 4.79 Å². The number of amides is 2. The Balaban J connectivity index is 1.60. The average molecular weight is 317 g/mol. The van der Waals surface area contributed by atoms with Gasteiger partial charge < -0.3 is 14.6 Å². The zero-order valence-electron chi connectivity index (χ0n) is 12.9. The van der Waals surface area contributed by atoms with Crippen molar-refractivity contribution >= 4 is 22.9 Å². The molecule has 7 nitrogen and oxygen atoms in total. The van der Waals surface area contributed by atoms with Crippen LogP contribution < -0.4 is 11.1 Å². The third-order valence-electron chi connectivity index (χ3n) is 4.02. The van der Waals surface area contributed by atoms with Gasteiger partial charge in [-0.15, -0.1) is 0 Å². The molecule has 2 amide bonds. The van der Waals surface area contributed by atoms with E-state index in [0.717, 1.165) is 13.0 Å². The van der Waals surface area contributed by atoms with Crippen molar-refractivity contribution in [3.05, 3.63) is 34.3 Å². The van der Waals surface area contributed by atoms with Gasteiger partial charge in [0.1, 0.15) is 0 Å². The molecule has 1 aliphatic rings. The number of nitrogens with one attached hydrogen (secondary N) is 2. The van der Waals surface area contributed by atoms with Gasteiger partial charge in [0.25, 0.3) is 5.91 Å². The summed E-state index contributed by atoms with van der Waals surface area (Å²) in [6.07, 6.45) is 1.42. The fraction of sp³-hybridized carbons (Fsp3) is 0.438. The summed E-state index contributed by atoms with van der Waals surface area (Å²) in [5.41, 5.74) is 1.36. The van der Waals surface area contributed by atoms with Gasteiger partial charge in [0.05, 0.1) is 5.52 Å². The van der Waals surface area contributed by atoms with Crippen LogP contribution in [0.25, 0.3) is 11.1 Å². The summed E-state index contributed by atoms with van der Waals surface area (Å²) in [6.45, 7) is 3.97. The predicted molar refractivity (Wildman–Crippen MR) is 84.1 cm³/mol. The van der Waals surface area contributed by atoms with Gasteiger partial charge in [0.15, 0.2) is 5.58 Å². The van der Waals surface area contributed by atoms with Crippen LogP contribution in [0.1, 0.15) is 30.1 Å². The Kier molecular flexibility index (Phi) is 4.18. The zero-order chi connectivity index (χ0) is 16.4. The van der Waals surface area contributed by atoms with E-state index in [4.69, 9.17) is 4.42 Å². The molecular formula is C16H19N3O4. The number of carbonyl (C=O) groups excluding carboxylic acids is 2. The van der Waals surface area contributed by atoms with Crippen LogP contribution in [0.5, 0.6) is 0 Å². The molecule has 2 aromatic rings. The maximum absolute atomic E-state index is 12.2. The number of aromatic nitrogens is 1. The molecule has 1 aromatic carbocycles. The molecule has 0 bridgehead atoms. The molecule has 23 heavy (non-hydrogen) atoms. The van der Waals surface area contributed by atoms with Crippen molar-refractivity contribution in [3.63, 3.8) is 0 Å². The lowest BCUT2D eigenvalue weighted by atomic mass is 10.1. The van der Waals surface area contributed by atoms with E-state index in [1.807, 2.05) is 11.8 Å². The minimum Gasteiger partial charge on any atom is -0.408 e. The summed E-state index contributed by atoms with van der Waals surface area (Å²) in [5.74, 6) is -0.465. The highest BCUT2D eigenvalue weighted by Gasteiger charge is 2.28. The quantitative estimate of drug-likeness (QED) is 0.863. The number of H-pyrrole nitrogens is 1. The van der Waals surface area contributed by atoms with Crippen molar-refractivity contribution in [2.24, 2.45) is 5.92 Å². The molecule has 1 unspecified atom stereocenters. The Hall–Kier alpha value is -2.57. The summed E-state index contributed by atoms with van der Waals surface area (Å²) in [4.78, 5) is 39.5. The number of hydrogen-bond acceptors (Lipinski definition) is 4. The first kappa shape index (κ1) is 15.3. The van der Waals surface area contributed by atoms with Gasteiger partial charge in [-0.2, -0.15) is 0 Å². The van der Waals surface area contributed by atoms with E-state index >= 15 is 0 Å². The molecule has 1 aromatic heterocycles. The summed E-state index contributed by atoms with van der Waals surface area (Å²) >= 11 is 0. The van der Waals surface area contributed by atoms with Crippen molar-refractivity contribution in [2.45, 2.75) is 19.8 Å². The highest BCUT2D eigenvalue weighted by molar-refractivity contribution is 5.97. The van der Waals surface area contributed by atoms with Crippen molar-refractivity contribution in [2.75, 3.05) is 19.6 Å². The number of nitrogens with zero attached hydrogens (tertiary/aromatic N) is 1. The second kappa shape index (κ2) is 6.28. The number of aromatic amines is 1. The first-order valence-electron chi connectivity index (χ1n) is 7.75. The predicted octanol–water partition coefficient (Wildman–Crippen LogP) is 1.11. The highest BCUT2D eigenvalue weighted by atomic mass is 16.4. The molecule has 1 fully saturated rings. The molecule has 1 aliphatic heterocycles. The van der Waals surface area contributed by atoms with Crippen LogP contribution in [0, 0.1) is 5.92 Å². The van der Waals surface area contributed by atoms with E-state index in [1.54, 1.807) is 18.2 Å². The van der Waals surface area contributed by atoms with E-state index in [-0.39, 0.29) is 17.7 Å². The molecule has 1 saturated heterocycles. The number of likely N-dealkylation sites (tertiary alicyclic amines) is 1. The summed E-state index contributed by atoms with van der Waals surface area (Å²) < 4.78 is 4.90. The third kappa shape index (κ3) is 3.28. The number of carbonyl (C=O) groups is 2. The molecule has 0 spiro atoms. The van der Waals surface area contributed by atoms with Gasteiger partial charge in [0, 0.05) is 37.5 Å². The van der Waals surface area contributed by atoms with Crippen LogP contribution in [-0.4, -0.2) is 41.3 Å². The molecule has 0 aliphatic carbocycles. The fourth-order valence-corrected chi connectivity index (χ4v) is 2.91. The van der Waals surface area contributed by atoms with Crippen LogP contribution in [0.2, 0.25) is 0 Å². The summed E-state index contributed by atoms with van der Waals surface area (Å²) in [6, 6.07) is 4.78. The van der Waals surface area contributed by atoms with E-state index in [9.17, 15) is 14.4 Å². The van der Waals surface area contributed by atoms with Gasteiger partial charge >= 0.3 is 5.76 Å². The normalized spacial score (nSPS) is 17.9. The van der Waals surface area contributed by atoms with Crippen LogP contribution in [0.15, 0.2) is 27.4 Å². The first-order valence-corrected chi connectivity index (χ1v) is 7.75. The number of fused-ring (bicyclic) bond motifs is 1. The second-order valence-corrected chi connectivity index (χ2v) is 5.85. The van der Waals surface area contributed by atoms with Gasteiger partial charge in [0.2, 0.25) is 5.91 Å². The van der Waals surface area contributed by atoms with Crippen molar-refractivity contribution < 1.29 is 14.0 Å². The van der Waals surface area contributed by atoms with E-state index in [1.165, 1.54) is 0 Å². The monoisotopic (exact) mass is 317 g/mol. The Morgan fingerprint density at radius 3 is 3.04 bits per heavy atom. The van der Waals surface area contributed by atoms with Crippen molar-refractivity contribution in [3.8, 4) is 0 Å². The van der Waals surface area contributed by atoms with E-state index in [0.29, 0.717) is 36.2 Å². The van der Waals surface area contributed by atoms with Crippen molar-refractivity contribution in [1.82, 2.24) is 15.2 Å². The topological polar surface area (TPSA) is 95.4 Å². The van der Waals surface area contributed by atoms with Crippen molar-refractivity contribution in [1.29, 1.82) is 0 Å². The van der Waals surface area contributed by atoms with Gasteiger partial charge in [-0.25, -0.2) is 4.79 Å². The van der Waals surface area contributed by atoms with E-state index < -0.39 is 5.76 Å². The lowest BCUT2D eigenvalue weighted by Crippen LogP contribution is -2.31. The molecule has 0 saturated carbocycles. The van der Waals surface area contributed by atoms with Gasteiger partial charge in [-0.05, 0) is 24.6 Å². The molecule has 2 N–H and O–H groups in total. The molecular weight excluding hydrogens is 298 g/mol. The summed E-state index contributed by atoms with van der Waals surface area (Å²) in [5, 5.41) is 2.86. The van der Waals surface area contributed by atoms with Crippen LogP contribution in [0.3, 0.4) is 0 Å². The Labute approximate surface area is 132 Å². The maximum Gasteiger partial charge on any atom is 0.417 e. The number of benzene rings is 1. The number of rotatable bonds is 5. The van der Waals surface area contributed by atoms with Crippen LogP contribution in [0.4, 0.5) is 0 Å². The first-order chi connectivity index (χ1) is 11.1. The summed E-state index contributed by atoms with van der Waals surface area (Å²) in [7, 11) is 0. The highest BCUT2D eigenvalue weighted by Crippen LogP contribution is 2.17. The molecule has 0 radical (unpaired) electrons. The molecule has 2 heterocycles. The van der Waals surface area contributed by atoms with Crippen LogP contribution >= 0.6 is 0 Å². The van der Waals surface area contributed by atoms with E-state index in [2.05, 4.69) is 10.3 Å². The fourth-order valence-electron chi connectivity index (χ4n) is 2.91.